The number of aromatic amines is 1. The molecule has 27 heavy (non-hydrogen) atoms. The topological polar surface area (TPSA) is 73.4 Å². The van der Waals surface area contributed by atoms with Crippen molar-refractivity contribution in [2.75, 3.05) is 11.4 Å². The minimum absolute atomic E-state index is 0.0691. The number of hydrogen-bond acceptors (Lipinski definition) is 4. The minimum atomic E-state index is -0.252. The number of amides is 1. The normalized spacial score (nSPS) is 19.4. The average molecular weight is 357 g/mol. The van der Waals surface area contributed by atoms with E-state index in [4.69, 9.17) is 0 Å². The van der Waals surface area contributed by atoms with Crippen LogP contribution in [0.1, 0.15) is 29.9 Å². The smallest absolute Gasteiger partial charge is 0.248 e. The number of H-pyrrole nitrogens is 1. The van der Waals surface area contributed by atoms with Gasteiger partial charge in [0.25, 0.3) is 0 Å². The fourth-order valence-corrected chi connectivity index (χ4v) is 3.71. The molecule has 3 heterocycles. The van der Waals surface area contributed by atoms with E-state index >= 15 is 0 Å². The maximum Gasteiger partial charge on any atom is 0.248 e. The molecule has 0 aliphatic carbocycles. The van der Waals surface area contributed by atoms with Crippen molar-refractivity contribution in [3.8, 4) is 0 Å². The number of fused-ring (bicyclic) bond motifs is 1. The van der Waals surface area contributed by atoms with E-state index in [1.165, 1.54) is 5.69 Å². The van der Waals surface area contributed by atoms with Crippen LogP contribution in [0.3, 0.4) is 0 Å². The molecule has 0 saturated carbocycles. The van der Waals surface area contributed by atoms with Crippen LogP contribution in [0.2, 0.25) is 0 Å². The predicted octanol–water partition coefficient (Wildman–Crippen LogP) is 3.29. The van der Waals surface area contributed by atoms with Gasteiger partial charge in [-0.3, -0.25) is 9.89 Å². The SMILES string of the molecule is O=C1NN=C(c2ccc(N3C=CCC3)cc2)CC1c1ccc2[nH]ncc2c1. The molecule has 0 bridgehead atoms. The summed E-state index contributed by atoms with van der Waals surface area (Å²) in [7, 11) is 0. The van der Waals surface area contributed by atoms with E-state index in [9.17, 15) is 4.79 Å². The number of nitrogens with one attached hydrogen (secondary N) is 2. The molecule has 2 aliphatic rings. The first kappa shape index (κ1) is 15.8. The lowest BCUT2D eigenvalue weighted by molar-refractivity contribution is -0.122. The highest BCUT2D eigenvalue weighted by Gasteiger charge is 2.27. The molecule has 5 rings (SSSR count). The van der Waals surface area contributed by atoms with E-state index < -0.39 is 0 Å². The third-order valence-electron chi connectivity index (χ3n) is 5.24. The first-order valence-corrected chi connectivity index (χ1v) is 9.11. The van der Waals surface area contributed by atoms with Crippen molar-refractivity contribution in [2.24, 2.45) is 5.10 Å². The van der Waals surface area contributed by atoms with Crippen LogP contribution in [-0.4, -0.2) is 28.4 Å². The van der Waals surface area contributed by atoms with Crippen molar-refractivity contribution in [1.82, 2.24) is 15.6 Å². The van der Waals surface area contributed by atoms with E-state index in [-0.39, 0.29) is 11.8 Å². The molecular weight excluding hydrogens is 338 g/mol. The third-order valence-corrected chi connectivity index (χ3v) is 5.24. The Morgan fingerprint density at radius 3 is 2.81 bits per heavy atom. The zero-order chi connectivity index (χ0) is 18.2. The van der Waals surface area contributed by atoms with Crippen LogP contribution in [-0.2, 0) is 4.79 Å². The number of aromatic nitrogens is 2. The summed E-state index contributed by atoms with van der Waals surface area (Å²) in [4.78, 5) is 14.7. The molecule has 1 atom stereocenters. The van der Waals surface area contributed by atoms with Gasteiger partial charge in [-0.1, -0.05) is 24.3 Å². The average Bonchev–Trinajstić information content (AvgIpc) is 3.40. The first-order chi connectivity index (χ1) is 13.3. The van der Waals surface area contributed by atoms with Gasteiger partial charge in [-0.2, -0.15) is 10.2 Å². The van der Waals surface area contributed by atoms with Gasteiger partial charge in [0.1, 0.15) is 0 Å². The van der Waals surface area contributed by atoms with E-state index in [1.54, 1.807) is 6.20 Å². The molecule has 0 fully saturated rings. The molecule has 3 aromatic rings. The number of anilines is 1. The van der Waals surface area contributed by atoms with Crippen molar-refractivity contribution < 1.29 is 4.79 Å². The standard InChI is InChI=1S/C21H19N5O/c27-21-18(15-5-8-19-16(11-15)13-22-23-19)12-20(24-25-21)14-3-6-17(7-4-14)26-9-1-2-10-26/h1,3-9,11,13,18H,2,10,12H2,(H,22,23)(H,25,27). The highest BCUT2D eigenvalue weighted by atomic mass is 16.2. The maximum absolute atomic E-state index is 12.4. The lowest BCUT2D eigenvalue weighted by Crippen LogP contribution is -2.33. The molecule has 1 aromatic heterocycles. The van der Waals surface area contributed by atoms with Gasteiger partial charge in [0, 0.05) is 30.2 Å². The molecule has 134 valence electrons. The highest BCUT2D eigenvalue weighted by Crippen LogP contribution is 2.28. The maximum atomic E-state index is 12.4. The summed E-state index contributed by atoms with van der Waals surface area (Å²) < 4.78 is 0. The second kappa shape index (κ2) is 6.39. The number of carbonyl (C=O) groups excluding carboxylic acids is 1. The molecule has 1 amide bonds. The second-order valence-corrected chi connectivity index (χ2v) is 6.92. The van der Waals surface area contributed by atoms with Gasteiger partial charge in [-0.05, 0) is 41.8 Å². The molecule has 2 aliphatic heterocycles. The summed E-state index contributed by atoms with van der Waals surface area (Å²) >= 11 is 0. The Hall–Kier alpha value is -3.41. The molecule has 6 nitrogen and oxygen atoms in total. The van der Waals surface area contributed by atoms with E-state index in [0.29, 0.717) is 6.42 Å². The zero-order valence-electron chi connectivity index (χ0n) is 14.7. The van der Waals surface area contributed by atoms with E-state index in [2.05, 4.69) is 62.2 Å². The van der Waals surface area contributed by atoms with Crippen molar-refractivity contribution in [1.29, 1.82) is 0 Å². The van der Waals surface area contributed by atoms with Crippen LogP contribution in [0, 0.1) is 0 Å². The number of benzene rings is 2. The predicted molar refractivity (Wildman–Crippen MR) is 106 cm³/mol. The highest BCUT2D eigenvalue weighted by molar-refractivity contribution is 6.06. The number of nitrogens with zero attached hydrogens (tertiary/aromatic N) is 3. The Morgan fingerprint density at radius 1 is 1.11 bits per heavy atom. The van der Waals surface area contributed by atoms with Crippen LogP contribution >= 0.6 is 0 Å². The van der Waals surface area contributed by atoms with E-state index in [0.717, 1.165) is 40.7 Å². The lowest BCUT2D eigenvalue weighted by Gasteiger charge is -2.22. The molecule has 0 radical (unpaired) electrons. The fraction of sp³-hybridized carbons (Fsp3) is 0.190. The van der Waals surface area contributed by atoms with Gasteiger partial charge in [0.2, 0.25) is 5.91 Å². The number of hydrazone groups is 1. The third kappa shape index (κ3) is 2.89. The zero-order valence-corrected chi connectivity index (χ0v) is 14.7. The monoisotopic (exact) mass is 357 g/mol. The molecule has 2 aromatic carbocycles. The Bertz CT molecular complexity index is 1060. The number of hydrogen-bond donors (Lipinski definition) is 2. The van der Waals surface area contributed by atoms with Gasteiger partial charge in [0.15, 0.2) is 0 Å². The lowest BCUT2D eigenvalue weighted by atomic mass is 9.89. The Labute approximate surface area is 156 Å². The van der Waals surface area contributed by atoms with Gasteiger partial charge in [-0.25, -0.2) is 5.43 Å². The number of carbonyl (C=O) groups is 1. The van der Waals surface area contributed by atoms with Crippen LogP contribution in [0.4, 0.5) is 5.69 Å². The summed E-state index contributed by atoms with van der Waals surface area (Å²) in [5, 5.41) is 12.3. The summed E-state index contributed by atoms with van der Waals surface area (Å²) in [6.45, 7) is 1.02. The van der Waals surface area contributed by atoms with Crippen LogP contribution in [0.15, 0.2) is 66.0 Å². The summed E-state index contributed by atoms with van der Waals surface area (Å²) in [5.41, 5.74) is 7.75. The molecular formula is C21H19N5O. The quantitative estimate of drug-likeness (QED) is 0.755. The number of rotatable bonds is 3. The largest absolute Gasteiger partial charge is 0.348 e. The van der Waals surface area contributed by atoms with Gasteiger partial charge in [-0.15, -0.1) is 0 Å². The molecule has 2 N–H and O–H groups in total. The van der Waals surface area contributed by atoms with Crippen LogP contribution in [0.25, 0.3) is 10.9 Å². The second-order valence-electron chi connectivity index (χ2n) is 6.92. The molecule has 0 spiro atoms. The summed E-state index contributed by atoms with van der Waals surface area (Å²) in [6.07, 6.45) is 7.74. The van der Waals surface area contributed by atoms with Gasteiger partial charge in [0.05, 0.1) is 23.3 Å². The van der Waals surface area contributed by atoms with Gasteiger partial charge >= 0.3 is 0 Å². The molecule has 0 saturated heterocycles. The minimum Gasteiger partial charge on any atom is -0.348 e. The van der Waals surface area contributed by atoms with Crippen LogP contribution in [0.5, 0.6) is 0 Å². The first-order valence-electron chi connectivity index (χ1n) is 9.11. The van der Waals surface area contributed by atoms with Gasteiger partial charge < -0.3 is 4.90 Å². The van der Waals surface area contributed by atoms with Crippen LogP contribution < -0.4 is 10.3 Å². The van der Waals surface area contributed by atoms with Crippen molar-refractivity contribution >= 4 is 28.2 Å². The van der Waals surface area contributed by atoms with Crippen molar-refractivity contribution in [3.05, 3.63) is 72.1 Å². The van der Waals surface area contributed by atoms with E-state index in [1.807, 2.05) is 18.2 Å². The Balaban J connectivity index is 1.40. The molecule has 1 unspecified atom stereocenters. The molecule has 6 heteroatoms. The fourth-order valence-electron chi connectivity index (χ4n) is 3.71. The van der Waals surface area contributed by atoms with Crippen molar-refractivity contribution in [3.63, 3.8) is 0 Å². The summed E-state index contributed by atoms with van der Waals surface area (Å²) in [5.74, 6) is -0.321. The summed E-state index contributed by atoms with van der Waals surface area (Å²) in [6, 6.07) is 14.3. The Kier molecular flexibility index (Phi) is 3.74. The van der Waals surface area contributed by atoms with Crippen molar-refractivity contribution in [2.45, 2.75) is 18.8 Å². The Morgan fingerprint density at radius 2 is 2.00 bits per heavy atom.